The van der Waals surface area contributed by atoms with E-state index in [-0.39, 0.29) is 18.2 Å². The van der Waals surface area contributed by atoms with Crippen LogP contribution < -0.4 is 5.73 Å². The standard InChI is InChI=1S/C12H22N2O2/c1-15-11-7-14(8-12(11)16-2)6-9-3-4-10(13)5-9/h3-4,9-12H,5-8,13H2,1-2H3. The molecule has 0 aromatic carbocycles. The van der Waals surface area contributed by atoms with Crippen LogP contribution in [0.2, 0.25) is 0 Å². The number of hydrogen-bond acceptors (Lipinski definition) is 4. The predicted molar refractivity (Wildman–Crippen MR) is 63.3 cm³/mol. The Morgan fingerprint density at radius 2 is 1.81 bits per heavy atom. The Morgan fingerprint density at radius 3 is 2.25 bits per heavy atom. The number of rotatable bonds is 4. The summed E-state index contributed by atoms with van der Waals surface area (Å²) in [5, 5.41) is 0. The molecular formula is C12H22N2O2. The van der Waals surface area contributed by atoms with Crippen molar-refractivity contribution >= 4 is 0 Å². The molecule has 0 aromatic heterocycles. The van der Waals surface area contributed by atoms with Gasteiger partial charge in [0.05, 0.1) is 12.2 Å². The van der Waals surface area contributed by atoms with Gasteiger partial charge in [-0.15, -0.1) is 0 Å². The number of hydrogen-bond donors (Lipinski definition) is 1. The Labute approximate surface area is 97.4 Å². The SMILES string of the molecule is COC1CN(CC2C=CC(N)C2)CC1OC. The van der Waals surface area contributed by atoms with Crippen molar-refractivity contribution in [2.24, 2.45) is 11.7 Å². The fourth-order valence-electron chi connectivity index (χ4n) is 2.69. The topological polar surface area (TPSA) is 47.7 Å². The second-order valence-corrected chi connectivity index (χ2v) is 4.81. The van der Waals surface area contributed by atoms with E-state index in [1.54, 1.807) is 14.2 Å². The summed E-state index contributed by atoms with van der Waals surface area (Å²) in [4.78, 5) is 2.41. The van der Waals surface area contributed by atoms with Crippen LogP contribution in [0.4, 0.5) is 0 Å². The highest BCUT2D eigenvalue weighted by Gasteiger charge is 2.34. The molecule has 0 aromatic rings. The van der Waals surface area contributed by atoms with Gasteiger partial charge in [-0.3, -0.25) is 4.90 Å². The second kappa shape index (κ2) is 5.27. The molecule has 0 bridgehead atoms. The van der Waals surface area contributed by atoms with Crippen LogP contribution in [-0.4, -0.2) is 57.0 Å². The summed E-state index contributed by atoms with van der Waals surface area (Å²) < 4.78 is 10.8. The van der Waals surface area contributed by atoms with E-state index in [0.717, 1.165) is 26.1 Å². The van der Waals surface area contributed by atoms with Crippen LogP contribution in [0.15, 0.2) is 12.2 Å². The molecule has 1 saturated heterocycles. The molecule has 0 radical (unpaired) electrons. The van der Waals surface area contributed by atoms with Crippen molar-refractivity contribution in [1.82, 2.24) is 4.90 Å². The first-order valence-corrected chi connectivity index (χ1v) is 5.94. The monoisotopic (exact) mass is 226 g/mol. The van der Waals surface area contributed by atoms with Crippen LogP contribution in [0.25, 0.3) is 0 Å². The first-order chi connectivity index (χ1) is 7.72. The Balaban J connectivity index is 1.81. The highest BCUT2D eigenvalue weighted by atomic mass is 16.5. The molecule has 2 rings (SSSR count). The van der Waals surface area contributed by atoms with Crippen LogP contribution in [0.5, 0.6) is 0 Å². The third-order valence-electron chi connectivity index (χ3n) is 3.59. The van der Waals surface area contributed by atoms with Gasteiger partial charge in [-0.25, -0.2) is 0 Å². The predicted octanol–water partition coefficient (Wildman–Crippen LogP) is 0.235. The van der Waals surface area contributed by atoms with Crippen molar-refractivity contribution in [1.29, 1.82) is 0 Å². The molecule has 2 N–H and O–H groups in total. The molecule has 4 heteroatoms. The normalized spacial score (nSPS) is 39.7. The summed E-state index contributed by atoms with van der Waals surface area (Å²) in [6, 6.07) is 0.254. The molecule has 1 aliphatic carbocycles. The van der Waals surface area contributed by atoms with Gasteiger partial charge in [-0.1, -0.05) is 12.2 Å². The quantitative estimate of drug-likeness (QED) is 0.697. The highest BCUT2D eigenvalue weighted by Crippen LogP contribution is 2.22. The van der Waals surface area contributed by atoms with Crippen molar-refractivity contribution in [3.05, 3.63) is 12.2 Å². The summed E-state index contributed by atoms with van der Waals surface area (Å²) in [5.41, 5.74) is 5.85. The lowest BCUT2D eigenvalue weighted by atomic mass is 10.1. The van der Waals surface area contributed by atoms with Gasteiger partial charge in [0.15, 0.2) is 0 Å². The van der Waals surface area contributed by atoms with E-state index in [9.17, 15) is 0 Å². The molecule has 92 valence electrons. The van der Waals surface area contributed by atoms with Crippen molar-refractivity contribution in [3.8, 4) is 0 Å². The van der Waals surface area contributed by atoms with Gasteiger partial charge in [-0.05, 0) is 12.3 Å². The molecule has 16 heavy (non-hydrogen) atoms. The van der Waals surface area contributed by atoms with E-state index in [1.165, 1.54) is 0 Å². The molecule has 4 unspecified atom stereocenters. The summed E-state index contributed by atoms with van der Waals surface area (Å²) in [7, 11) is 3.51. The maximum atomic E-state index is 5.85. The Kier molecular flexibility index (Phi) is 3.97. The van der Waals surface area contributed by atoms with Gasteiger partial charge in [-0.2, -0.15) is 0 Å². The van der Waals surface area contributed by atoms with Crippen LogP contribution in [-0.2, 0) is 9.47 Å². The smallest absolute Gasteiger partial charge is 0.0971 e. The Bertz CT molecular complexity index is 245. The number of ether oxygens (including phenoxy) is 2. The van der Waals surface area contributed by atoms with Gasteiger partial charge in [0.2, 0.25) is 0 Å². The van der Waals surface area contributed by atoms with E-state index in [0.29, 0.717) is 5.92 Å². The molecule has 2 aliphatic rings. The maximum Gasteiger partial charge on any atom is 0.0971 e. The van der Waals surface area contributed by atoms with Crippen molar-refractivity contribution < 1.29 is 9.47 Å². The van der Waals surface area contributed by atoms with Gasteiger partial charge >= 0.3 is 0 Å². The minimum atomic E-state index is 0.212. The average Bonchev–Trinajstić information content (AvgIpc) is 2.85. The zero-order valence-electron chi connectivity index (χ0n) is 10.1. The zero-order valence-corrected chi connectivity index (χ0v) is 10.1. The summed E-state index contributed by atoms with van der Waals surface area (Å²) in [6.07, 6.45) is 5.86. The Hall–Kier alpha value is -0.420. The largest absolute Gasteiger partial charge is 0.377 e. The molecule has 0 spiro atoms. The molecule has 1 fully saturated rings. The van der Waals surface area contributed by atoms with E-state index < -0.39 is 0 Å². The van der Waals surface area contributed by atoms with Gasteiger partial charge in [0.25, 0.3) is 0 Å². The second-order valence-electron chi connectivity index (χ2n) is 4.81. The lowest BCUT2D eigenvalue weighted by Crippen LogP contribution is -2.29. The van der Waals surface area contributed by atoms with Gasteiger partial charge < -0.3 is 15.2 Å². The van der Waals surface area contributed by atoms with Crippen molar-refractivity contribution in [2.75, 3.05) is 33.9 Å². The molecule has 4 atom stereocenters. The van der Waals surface area contributed by atoms with Crippen molar-refractivity contribution in [2.45, 2.75) is 24.7 Å². The van der Waals surface area contributed by atoms with E-state index in [4.69, 9.17) is 15.2 Å². The zero-order chi connectivity index (χ0) is 11.5. The molecule has 1 aliphatic heterocycles. The molecular weight excluding hydrogens is 204 g/mol. The number of methoxy groups -OCH3 is 2. The van der Waals surface area contributed by atoms with E-state index in [2.05, 4.69) is 17.1 Å². The third kappa shape index (κ3) is 2.63. The van der Waals surface area contributed by atoms with Gasteiger partial charge in [0, 0.05) is 39.9 Å². The average molecular weight is 226 g/mol. The lowest BCUT2D eigenvalue weighted by molar-refractivity contribution is -0.00461. The summed E-state index contributed by atoms with van der Waals surface area (Å²) in [6.45, 7) is 3.01. The third-order valence-corrected chi connectivity index (χ3v) is 3.59. The minimum Gasteiger partial charge on any atom is -0.377 e. The fourth-order valence-corrected chi connectivity index (χ4v) is 2.69. The highest BCUT2D eigenvalue weighted by molar-refractivity contribution is 5.05. The molecule has 4 nitrogen and oxygen atoms in total. The minimum absolute atomic E-state index is 0.212. The van der Waals surface area contributed by atoms with Crippen LogP contribution >= 0.6 is 0 Å². The van der Waals surface area contributed by atoms with E-state index >= 15 is 0 Å². The summed E-state index contributed by atoms with van der Waals surface area (Å²) in [5.74, 6) is 0.600. The Morgan fingerprint density at radius 1 is 1.19 bits per heavy atom. The molecule has 0 saturated carbocycles. The molecule has 1 heterocycles. The first-order valence-electron chi connectivity index (χ1n) is 5.94. The number of nitrogens with two attached hydrogens (primary N) is 1. The number of nitrogens with zero attached hydrogens (tertiary/aromatic N) is 1. The summed E-state index contributed by atoms with van der Waals surface area (Å²) >= 11 is 0. The maximum absolute atomic E-state index is 5.85. The fraction of sp³-hybridized carbons (Fsp3) is 0.833. The van der Waals surface area contributed by atoms with E-state index in [1.807, 2.05) is 0 Å². The van der Waals surface area contributed by atoms with Crippen LogP contribution in [0.3, 0.4) is 0 Å². The van der Waals surface area contributed by atoms with Crippen molar-refractivity contribution in [3.63, 3.8) is 0 Å². The number of likely N-dealkylation sites (tertiary alicyclic amines) is 1. The van der Waals surface area contributed by atoms with Gasteiger partial charge in [0.1, 0.15) is 0 Å². The molecule has 0 amide bonds. The lowest BCUT2D eigenvalue weighted by Gasteiger charge is -2.19. The van der Waals surface area contributed by atoms with Crippen LogP contribution in [0, 0.1) is 5.92 Å². The van der Waals surface area contributed by atoms with Crippen LogP contribution in [0.1, 0.15) is 6.42 Å². The first kappa shape index (κ1) is 12.0.